The van der Waals surface area contributed by atoms with Crippen molar-refractivity contribution in [2.45, 2.75) is 12.7 Å². The molecule has 0 radical (unpaired) electrons. The maximum Gasteiger partial charge on any atom is 0.416 e. The molecule has 0 bridgehead atoms. The fraction of sp³-hybridized carbons (Fsp3) is 0.259. The van der Waals surface area contributed by atoms with Crippen LogP contribution >= 0.6 is 11.6 Å². The van der Waals surface area contributed by atoms with E-state index in [1.165, 1.54) is 30.3 Å². The number of hydrogen-bond donors (Lipinski definition) is 1. The largest absolute Gasteiger partial charge is 0.416 e. The lowest BCUT2D eigenvalue weighted by Gasteiger charge is -2.33. The Morgan fingerprint density at radius 3 is 2.51 bits per heavy atom. The van der Waals surface area contributed by atoms with Crippen molar-refractivity contribution in [1.82, 2.24) is 24.9 Å². The molecule has 1 fully saturated rings. The van der Waals surface area contributed by atoms with Crippen molar-refractivity contribution < 1.29 is 22.5 Å². The first kappa shape index (κ1) is 26.8. The number of alkyl halides is 3. The Bertz CT molecular complexity index is 1470. The highest BCUT2D eigenvalue weighted by Gasteiger charge is 2.34. The molecule has 3 heterocycles. The standard InChI is InChI=1S/C27H24ClF3N6O2/c1-36-10-12-37(13-11-36)16-19-2-4-20(15-22(19)27(29,30)31)33-25(38)18-3-5-23(28)21(14-18)24-34-26(39-35-24)17-6-8-32-9-7-17/h2-9,14-15H,10-13,16H2,1H3,(H,33,38). The average Bonchev–Trinajstić information content (AvgIpc) is 3.41. The highest BCUT2D eigenvalue weighted by atomic mass is 35.5. The Labute approximate surface area is 227 Å². The molecule has 0 saturated carbocycles. The van der Waals surface area contributed by atoms with Crippen LogP contribution in [0.25, 0.3) is 22.8 Å². The van der Waals surface area contributed by atoms with Crippen LogP contribution in [0.3, 0.4) is 0 Å². The fourth-order valence-corrected chi connectivity index (χ4v) is 4.49. The van der Waals surface area contributed by atoms with Crippen molar-refractivity contribution in [2.24, 2.45) is 0 Å². The molecule has 0 aliphatic carbocycles. The van der Waals surface area contributed by atoms with E-state index in [0.29, 0.717) is 24.2 Å². The van der Waals surface area contributed by atoms with Crippen LogP contribution in [0.4, 0.5) is 18.9 Å². The van der Waals surface area contributed by atoms with E-state index in [-0.39, 0.29) is 40.1 Å². The number of aromatic nitrogens is 3. The van der Waals surface area contributed by atoms with Crippen molar-refractivity contribution in [3.8, 4) is 22.8 Å². The van der Waals surface area contributed by atoms with Gasteiger partial charge in [-0.25, -0.2) is 0 Å². The lowest BCUT2D eigenvalue weighted by molar-refractivity contribution is -0.138. The summed E-state index contributed by atoms with van der Waals surface area (Å²) < 4.78 is 47.1. The van der Waals surface area contributed by atoms with Gasteiger partial charge in [0.25, 0.3) is 11.8 Å². The van der Waals surface area contributed by atoms with Gasteiger partial charge in [0.15, 0.2) is 0 Å². The summed E-state index contributed by atoms with van der Waals surface area (Å²) in [6.07, 6.45) is -1.40. The summed E-state index contributed by atoms with van der Waals surface area (Å²) in [7, 11) is 1.99. The van der Waals surface area contributed by atoms with Crippen LogP contribution in [0.15, 0.2) is 65.4 Å². The highest BCUT2D eigenvalue weighted by molar-refractivity contribution is 6.33. The molecule has 202 valence electrons. The number of carbonyl (C=O) groups excluding carboxylic acids is 1. The molecule has 1 amide bonds. The summed E-state index contributed by atoms with van der Waals surface area (Å²) in [5.74, 6) is -0.200. The first-order chi connectivity index (χ1) is 18.7. The summed E-state index contributed by atoms with van der Waals surface area (Å²) in [5, 5.41) is 6.80. The first-order valence-electron chi connectivity index (χ1n) is 12.1. The van der Waals surface area contributed by atoms with Crippen LogP contribution in [-0.2, 0) is 12.7 Å². The summed E-state index contributed by atoms with van der Waals surface area (Å²) in [4.78, 5) is 25.4. The summed E-state index contributed by atoms with van der Waals surface area (Å²) in [6.45, 7) is 3.16. The molecule has 0 spiro atoms. The number of nitrogens with zero attached hydrogens (tertiary/aromatic N) is 5. The topological polar surface area (TPSA) is 87.4 Å². The number of pyridine rings is 1. The Kier molecular flexibility index (Phi) is 7.65. The molecule has 2 aromatic heterocycles. The summed E-state index contributed by atoms with van der Waals surface area (Å²) in [5.41, 5.74) is 0.592. The third-order valence-electron chi connectivity index (χ3n) is 6.49. The smallest absolute Gasteiger partial charge is 0.334 e. The first-order valence-corrected chi connectivity index (χ1v) is 12.5. The van der Waals surface area contributed by atoms with Gasteiger partial charge in [0.05, 0.1) is 10.6 Å². The van der Waals surface area contributed by atoms with Crippen molar-refractivity contribution in [3.05, 3.63) is 82.6 Å². The van der Waals surface area contributed by atoms with E-state index < -0.39 is 17.6 Å². The van der Waals surface area contributed by atoms with Gasteiger partial charge in [-0.15, -0.1) is 0 Å². The number of anilines is 1. The minimum Gasteiger partial charge on any atom is -0.334 e. The van der Waals surface area contributed by atoms with Crippen LogP contribution in [0.5, 0.6) is 0 Å². The molecule has 8 nitrogen and oxygen atoms in total. The molecule has 1 saturated heterocycles. The molecule has 0 atom stereocenters. The molecule has 0 unspecified atom stereocenters. The van der Waals surface area contributed by atoms with Crippen molar-refractivity contribution in [3.63, 3.8) is 0 Å². The molecule has 1 aliphatic rings. The number of halogens is 4. The van der Waals surface area contributed by atoms with Gasteiger partial charge in [0, 0.05) is 67.5 Å². The number of nitrogens with one attached hydrogen (secondary N) is 1. The zero-order valence-electron chi connectivity index (χ0n) is 20.9. The second-order valence-corrected chi connectivity index (χ2v) is 9.66. The van der Waals surface area contributed by atoms with E-state index in [9.17, 15) is 18.0 Å². The molecule has 4 aromatic rings. The molecular weight excluding hydrogens is 533 g/mol. The van der Waals surface area contributed by atoms with E-state index in [2.05, 4.69) is 25.3 Å². The number of likely N-dealkylation sites (N-methyl/N-ethyl adjacent to an activating group) is 1. The lowest BCUT2D eigenvalue weighted by Crippen LogP contribution is -2.44. The predicted molar refractivity (Wildman–Crippen MR) is 140 cm³/mol. The van der Waals surface area contributed by atoms with Crippen molar-refractivity contribution in [2.75, 3.05) is 38.5 Å². The third kappa shape index (κ3) is 6.27. The zero-order chi connectivity index (χ0) is 27.6. The molecular formula is C27H24ClF3N6O2. The van der Waals surface area contributed by atoms with E-state index in [0.717, 1.165) is 19.2 Å². The molecule has 1 aliphatic heterocycles. The van der Waals surface area contributed by atoms with Gasteiger partial charge in [-0.3, -0.25) is 14.7 Å². The zero-order valence-corrected chi connectivity index (χ0v) is 21.6. The Morgan fingerprint density at radius 1 is 1.05 bits per heavy atom. The quantitative estimate of drug-likeness (QED) is 0.337. The maximum atomic E-state index is 13.9. The number of rotatable bonds is 6. The van der Waals surface area contributed by atoms with Crippen molar-refractivity contribution in [1.29, 1.82) is 0 Å². The van der Waals surface area contributed by atoms with E-state index in [1.54, 1.807) is 24.5 Å². The van der Waals surface area contributed by atoms with E-state index in [1.807, 2.05) is 11.9 Å². The number of amides is 1. The molecule has 2 aromatic carbocycles. The second-order valence-electron chi connectivity index (χ2n) is 9.26. The summed E-state index contributed by atoms with van der Waals surface area (Å²) in [6, 6.07) is 11.7. The van der Waals surface area contributed by atoms with Gasteiger partial charge < -0.3 is 14.7 Å². The van der Waals surface area contributed by atoms with Crippen LogP contribution in [0, 0.1) is 0 Å². The number of carbonyl (C=O) groups is 1. The second kappa shape index (κ2) is 11.1. The van der Waals surface area contributed by atoms with Gasteiger partial charge in [-0.2, -0.15) is 18.2 Å². The van der Waals surface area contributed by atoms with Crippen LogP contribution in [0.1, 0.15) is 21.5 Å². The minimum atomic E-state index is -4.57. The van der Waals surface area contributed by atoms with Crippen LogP contribution in [-0.4, -0.2) is 64.1 Å². The third-order valence-corrected chi connectivity index (χ3v) is 6.82. The molecule has 1 N–H and O–H groups in total. The van der Waals surface area contributed by atoms with Gasteiger partial charge >= 0.3 is 6.18 Å². The number of hydrogen-bond acceptors (Lipinski definition) is 7. The summed E-state index contributed by atoms with van der Waals surface area (Å²) >= 11 is 6.33. The van der Waals surface area contributed by atoms with Crippen LogP contribution in [0.2, 0.25) is 5.02 Å². The Hall–Kier alpha value is -3.80. The SMILES string of the molecule is CN1CCN(Cc2ccc(NC(=O)c3ccc(Cl)c(-c4noc(-c5ccncc5)n4)c3)cc2C(F)(F)F)CC1. The normalized spacial score (nSPS) is 14.9. The maximum absolute atomic E-state index is 13.9. The van der Waals surface area contributed by atoms with Gasteiger partial charge in [-0.1, -0.05) is 22.8 Å². The van der Waals surface area contributed by atoms with E-state index >= 15 is 0 Å². The minimum absolute atomic E-state index is 0.0329. The molecule has 12 heteroatoms. The Balaban J connectivity index is 1.35. The fourth-order valence-electron chi connectivity index (χ4n) is 4.29. The van der Waals surface area contributed by atoms with Crippen molar-refractivity contribution >= 4 is 23.2 Å². The van der Waals surface area contributed by atoms with Gasteiger partial charge in [0.2, 0.25) is 5.82 Å². The Morgan fingerprint density at radius 2 is 1.79 bits per heavy atom. The number of benzene rings is 2. The number of piperazine rings is 1. The highest BCUT2D eigenvalue weighted by Crippen LogP contribution is 2.35. The van der Waals surface area contributed by atoms with Gasteiger partial charge in [0.1, 0.15) is 0 Å². The monoisotopic (exact) mass is 556 g/mol. The van der Waals surface area contributed by atoms with E-state index in [4.69, 9.17) is 16.1 Å². The predicted octanol–water partition coefficient (Wildman–Crippen LogP) is 5.47. The molecule has 5 rings (SSSR count). The average molecular weight is 557 g/mol. The van der Waals surface area contributed by atoms with Crippen LogP contribution < -0.4 is 5.32 Å². The van der Waals surface area contributed by atoms with Gasteiger partial charge in [-0.05, 0) is 55.1 Å². The lowest BCUT2D eigenvalue weighted by atomic mass is 10.0. The molecule has 39 heavy (non-hydrogen) atoms.